The van der Waals surface area contributed by atoms with Crippen LogP contribution in [0.3, 0.4) is 0 Å². The Hall–Kier alpha value is -2.82. The van der Waals surface area contributed by atoms with Crippen LogP contribution < -0.4 is 5.73 Å². The number of hydrogen-bond donors (Lipinski definition) is 1. The average Bonchev–Trinajstić information content (AvgIpc) is 2.94. The van der Waals surface area contributed by atoms with Gasteiger partial charge in [-0.15, -0.1) is 0 Å². The van der Waals surface area contributed by atoms with Crippen molar-refractivity contribution >= 4 is 43.3 Å². The summed E-state index contributed by atoms with van der Waals surface area (Å²) in [5.74, 6) is -1.59. The molecule has 1 amide bonds. The fourth-order valence-corrected chi connectivity index (χ4v) is 8.62. The van der Waals surface area contributed by atoms with E-state index in [9.17, 15) is 17.6 Å². The van der Waals surface area contributed by atoms with Gasteiger partial charge in [0.1, 0.15) is 20.4 Å². The third kappa shape index (κ3) is 5.66. The van der Waals surface area contributed by atoms with Crippen LogP contribution in [0.5, 0.6) is 0 Å². The van der Waals surface area contributed by atoms with Crippen LogP contribution in [0.4, 0.5) is 4.39 Å². The molecule has 1 aliphatic heterocycles. The first-order chi connectivity index (χ1) is 19.1. The maximum Gasteiger partial charge on any atom is 0.248 e. The van der Waals surface area contributed by atoms with Crippen molar-refractivity contribution in [3.8, 4) is 11.1 Å². The van der Waals surface area contributed by atoms with Crippen molar-refractivity contribution < 1.29 is 17.6 Å². The number of hydrogen-bond acceptors (Lipinski definition) is 5. The number of halogens is 3. The molecule has 2 aliphatic rings. The molecule has 0 saturated carbocycles. The van der Waals surface area contributed by atoms with E-state index in [1.807, 2.05) is 41.3 Å². The Morgan fingerprint density at radius 2 is 1.65 bits per heavy atom. The van der Waals surface area contributed by atoms with Gasteiger partial charge in [0.05, 0.1) is 0 Å². The van der Waals surface area contributed by atoms with E-state index in [2.05, 4.69) is 33.0 Å². The number of carbonyl (C=O) groups is 1. The smallest absolute Gasteiger partial charge is 0.248 e. The van der Waals surface area contributed by atoms with Crippen LogP contribution >= 0.6 is 27.5 Å². The molecule has 1 fully saturated rings. The van der Waals surface area contributed by atoms with Crippen molar-refractivity contribution in [1.29, 1.82) is 0 Å². The van der Waals surface area contributed by atoms with Gasteiger partial charge in [-0.2, -0.15) is 0 Å². The second-order valence-corrected chi connectivity index (χ2v) is 13.6. The largest absolute Gasteiger partial charge is 0.366 e. The van der Waals surface area contributed by atoms with E-state index in [1.165, 1.54) is 35.9 Å². The summed E-state index contributed by atoms with van der Waals surface area (Å²) >= 11 is 9.79. The number of carbonyl (C=O) groups excluding carboxylic acids is 1. The van der Waals surface area contributed by atoms with Crippen molar-refractivity contribution in [1.82, 2.24) is 9.80 Å². The summed E-state index contributed by atoms with van der Waals surface area (Å²) in [5.41, 5.74) is 8.96. The van der Waals surface area contributed by atoms with E-state index in [0.717, 1.165) is 23.7 Å². The van der Waals surface area contributed by atoms with Crippen molar-refractivity contribution in [2.75, 3.05) is 26.2 Å². The molecule has 208 valence electrons. The molecule has 2 N–H and O–H groups in total. The van der Waals surface area contributed by atoms with Crippen LogP contribution in [-0.2, 0) is 21.2 Å². The molecule has 2 unspecified atom stereocenters. The normalized spacial score (nSPS) is 22.2. The molecule has 3 aromatic carbocycles. The Kier molecular flexibility index (Phi) is 8.31. The number of amides is 1. The van der Waals surface area contributed by atoms with Gasteiger partial charge in [-0.25, -0.2) is 12.8 Å². The van der Waals surface area contributed by atoms with Crippen LogP contribution in [-0.4, -0.2) is 60.0 Å². The van der Waals surface area contributed by atoms with Crippen molar-refractivity contribution in [2.45, 2.75) is 21.1 Å². The molecular formula is C30H28BrClFN3O3S. The third-order valence-electron chi connectivity index (χ3n) is 7.41. The standard InChI is InChI=1S/C30H28BrClFN3O3S/c31-30(14-13-22(29(34)37)19-28(30)40(38,39)27-8-4-3-7-26(27)33)36-17-15-35(16-18-36)20-23-5-1-2-6-25(23)21-9-11-24(32)12-10-21/h1-14,19,28H,15-18,20H2,(H2,34,37). The zero-order valence-electron chi connectivity index (χ0n) is 21.5. The summed E-state index contributed by atoms with van der Waals surface area (Å²) in [6, 6.07) is 21.3. The number of nitrogens with two attached hydrogens (primary N) is 1. The third-order valence-corrected chi connectivity index (χ3v) is 11.3. The van der Waals surface area contributed by atoms with E-state index in [-0.39, 0.29) is 5.57 Å². The predicted molar refractivity (Wildman–Crippen MR) is 159 cm³/mol. The highest BCUT2D eigenvalue weighted by atomic mass is 79.9. The molecule has 0 spiro atoms. The molecule has 10 heteroatoms. The summed E-state index contributed by atoms with van der Waals surface area (Å²) in [6.45, 7) is 3.16. The van der Waals surface area contributed by atoms with E-state index < -0.39 is 36.2 Å². The van der Waals surface area contributed by atoms with Gasteiger partial charge in [0.15, 0.2) is 9.84 Å². The lowest BCUT2D eigenvalue weighted by Crippen LogP contribution is -2.60. The first kappa shape index (κ1) is 28.7. The second kappa shape index (κ2) is 11.6. The molecule has 3 aromatic rings. The van der Waals surface area contributed by atoms with Crippen LogP contribution in [0.15, 0.2) is 101 Å². The number of benzene rings is 3. The van der Waals surface area contributed by atoms with Crippen LogP contribution in [0.25, 0.3) is 11.1 Å². The van der Waals surface area contributed by atoms with Crippen LogP contribution in [0.1, 0.15) is 5.56 Å². The number of nitrogens with zero attached hydrogens (tertiary/aromatic N) is 2. The summed E-state index contributed by atoms with van der Waals surface area (Å²) < 4.78 is 41.1. The lowest BCUT2D eigenvalue weighted by molar-refractivity contribution is -0.114. The van der Waals surface area contributed by atoms with Gasteiger partial charge in [0.2, 0.25) is 5.91 Å². The monoisotopic (exact) mass is 643 g/mol. The predicted octanol–water partition coefficient (Wildman–Crippen LogP) is 5.18. The first-order valence-electron chi connectivity index (χ1n) is 12.8. The summed E-state index contributed by atoms with van der Waals surface area (Å²) in [6.07, 6.45) is 4.49. The van der Waals surface area contributed by atoms with E-state index >= 15 is 0 Å². The zero-order valence-corrected chi connectivity index (χ0v) is 24.7. The van der Waals surface area contributed by atoms with Gasteiger partial charge < -0.3 is 5.73 Å². The van der Waals surface area contributed by atoms with Crippen LogP contribution in [0, 0.1) is 5.82 Å². The number of sulfone groups is 1. The van der Waals surface area contributed by atoms with Gasteiger partial charge in [-0.3, -0.25) is 14.6 Å². The molecule has 1 heterocycles. The number of piperazine rings is 1. The highest BCUT2D eigenvalue weighted by molar-refractivity contribution is 9.10. The van der Waals surface area contributed by atoms with Crippen LogP contribution in [0.2, 0.25) is 5.02 Å². The molecule has 2 atom stereocenters. The summed E-state index contributed by atoms with van der Waals surface area (Å²) in [5, 5.41) is -0.590. The molecule has 0 aromatic heterocycles. The lowest BCUT2D eigenvalue weighted by atomic mass is 9.98. The molecule has 1 aliphatic carbocycles. The van der Waals surface area contributed by atoms with Gasteiger partial charge in [-0.05, 0) is 41.0 Å². The van der Waals surface area contributed by atoms with Gasteiger partial charge in [0, 0.05) is 43.3 Å². The van der Waals surface area contributed by atoms with Gasteiger partial charge in [0.25, 0.3) is 0 Å². The fourth-order valence-electron chi connectivity index (χ4n) is 5.26. The quantitative estimate of drug-likeness (QED) is 0.283. The molecule has 40 heavy (non-hydrogen) atoms. The van der Waals surface area contributed by atoms with Crippen molar-refractivity contribution in [2.24, 2.45) is 5.73 Å². The highest BCUT2D eigenvalue weighted by Gasteiger charge is 2.49. The van der Waals surface area contributed by atoms with E-state index in [4.69, 9.17) is 17.3 Å². The summed E-state index contributed by atoms with van der Waals surface area (Å²) in [4.78, 5) is 15.9. The average molecular weight is 645 g/mol. The van der Waals surface area contributed by atoms with Crippen molar-refractivity contribution in [3.05, 3.63) is 113 Å². The SMILES string of the molecule is NC(=O)C1=CC(S(=O)(=O)c2ccccc2F)C(Br)(N2CCN(Cc3ccccc3-c3ccc(Cl)cc3)CC2)C=C1. The Morgan fingerprint density at radius 3 is 2.33 bits per heavy atom. The Morgan fingerprint density at radius 1 is 1.00 bits per heavy atom. The lowest BCUT2D eigenvalue weighted by Gasteiger charge is -2.47. The van der Waals surface area contributed by atoms with Gasteiger partial charge >= 0.3 is 0 Å². The molecule has 5 rings (SSSR count). The Bertz CT molecular complexity index is 1590. The number of rotatable bonds is 7. The minimum absolute atomic E-state index is 0.0671. The topological polar surface area (TPSA) is 83.7 Å². The number of alkyl halides is 1. The molecule has 6 nitrogen and oxygen atoms in total. The van der Waals surface area contributed by atoms with E-state index in [1.54, 1.807) is 6.08 Å². The fraction of sp³-hybridized carbons (Fsp3) is 0.233. The minimum Gasteiger partial charge on any atom is -0.366 e. The maximum absolute atomic E-state index is 14.7. The molecule has 1 saturated heterocycles. The highest BCUT2D eigenvalue weighted by Crippen LogP contribution is 2.41. The Labute approximate surface area is 247 Å². The second-order valence-electron chi connectivity index (χ2n) is 9.87. The Balaban J connectivity index is 1.37. The molecular weight excluding hydrogens is 617 g/mol. The minimum atomic E-state index is -4.24. The van der Waals surface area contributed by atoms with E-state index in [0.29, 0.717) is 31.2 Å². The molecule has 0 radical (unpaired) electrons. The summed E-state index contributed by atoms with van der Waals surface area (Å²) in [7, 11) is -4.24. The van der Waals surface area contributed by atoms with Crippen molar-refractivity contribution in [3.63, 3.8) is 0 Å². The maximum atomic E-state index is 14.7. The zero-order chi connectivity index (χ0) is 28.5. The molecule has 0 bridgehead atoms. The van der Waals surface area contributed by atoms with Gasteiger partial charge in [-0.1, -0.05) is 94.3 Å². The first-order valence-corrected chi connectivity index (χ1v) is 15.5. The number of primary amides is 1.